The van der Waals surface area contributed by atoms with Crippen LogP contribution in [0.1, 0.15) is 116 Å². The van der Waals surface area contributed by atoms with Gasteiger partial charge >= 0.3 is 5.91 Å². The molecular formula is C23H48ClNO2. The average molecular weight is 406 g/mol. The van der Waals surface area contributed by atoms with Crippen molar-refractivity contribution in [2.45, 2.75) is 116 Å². The molecule has 0 saturated carbocycles. The van der Waals surface area contributed by atoms with Crippen molar-refractivity contribution in [2.24, 2.45) is 0 Å². The molecule has 1 N–H and O–H groups in total. The monoisotopic (exact) mass is 405 g/mol. The van der Waals surface area contributed by atoms with Crippen LogP contribution in [0, 0.1) is 0 Å². The van der Waals surface area contributed by atoms with Crippen LogP contribution in [0.15, 0.2) is 0 Å². The molecule has 0 bridgehead atoms. The Balaban J connectivity index is 0. The largest absolute Gasteiger partial charge is 1.00 e. The number of rotatable bonds is 19. The molecule has 0 aromatic carbocycles. The molecular weight excluding hydrogens is 358 g/mol. The Bertz CT molecular complexity index is 322. The first kappa shape index (κ1) is 29.1. The Kier molecular flexibility index (Phi) is 22.2. The van der Waals surface area contributed by atoms with Gasteiger partial charge in [0.2, 0.25) is 0 Å². The molecule has 0 aromatic heterocycles. The Labute approximate surface area is 176 Å². The van der Waals surface area contributed by atoms with Crippen molar-refractivity contribution in [3.8, 4) is 0 Å². The maximum Gasteiger partial charge on any atom is 0.313 e. The summed E-state index contributed by atoms with van der Waals surface area (Å²) in [5.74, 6) is 0.313. The van der Waals surface area contributed by atoms with Gasteiger partial charge in [0.1, 0.15) is 0 Å². The molecule has 0 atom stereocenters. The normalized spacial score (nSPS) is 11.4. The molecule has 0 aliphatic heterocycles. The van der Waals surface area contributed by atoms with Crippen LogP contribution < -0.4 is 12.4 Å². The van der Waals surface area contributed by atoms with Crippen molar-refractivity contribution in [1.82, 2.24) is 0 Å². The molecule has 0 aliphatic carbocycles. The average Bonchev–Trinajstić information content (AvgIpc) is 2.63. The minimum atomic E-state index is 0. The van der Waals surface area contributed by atoms with Crippen LogP contribution in [-0.4, -0.2) is 42.7 Å². The molecule has 4 heteroatoms. The lowest BCUT2D eigenvalue weighted by Gasteiger charge is -2.26. The van der Waals surface area contributed by atoms with Gasteiger partial charge in [-0.25, -0.2) is 4.79 Å². The fourth-order valence-corrected chi connectivity index (χ4v) is 3.54. The van der Waals surface area contributed by atoms with Crippen molar-refractivity contribution in [1.29, 1.82) is 0 Å². The predicted octanol–water partition coefficient (Wildman–Crippen LogP) is 3.24. The van der Waals surface area contributed by atoms with Crippen LogP contribution in [0.5, 0.6) is 0 Å². The third-order valence-corrected chi connectivity index (χ3v) is 5.54. The van der Waals surface area contributed by atoms with Gasteiger partial charge in [0.15, 0.2) is 0 Å². The zero-order chi connectivity index (χ0) is 19.5. The van der Waals surface area contributed by atoms with E-state index < -0.39 is 0 Å². The lowest BCUT2D eigenvalue weighted by atomic mass is 10.0. The van der Waals surface area contributed by atoms with Crippen LogP contribution in [-0.2, 0) is 4.79 Å². The second-order valence-electron chi connectivity index (χ2n) is 8.58. The van der Waals surface area contributed by atoms with Crippen LogP contribution >= 0.6 is 0 Å². The third-order valence-electron chi connectivity index (χ3n) is 5.54. The summed E-state index contributed by atoms with van der Waals surface area (Å²) in [6.45, 7) is 3.20. The van der Waals surface area contributed by atoms with Gasteiger partial charge in [0.25, 0.3) is 0 Å². The minimum absolute atomic E-state index is 0. The quantitative estimate of drug-likeness (QED) is 0.264. The zero-order valence-corrected chi connectivity index (χ0v) is 19.4. The van der Waals surface area contributed by atoms with Crippen molar-refractivity contribution >= 4 is 5.91 Å². The van der Waals surface area contributed by atoms with E-state index in [4.69, 9.17) is 5.11 Å². The molecule has 0 aromatic rings. The molecule has 164 valence electrons. The highest BCUT2D eigenvalue weighted by Crippen LogP contribution is 2.14. The van der Waals surface area contributed by atoms with E-state index >= 15 is 0 Å². The van der Waals surface area contributed by atoms with E-state index in [1.807, 2.05) is 14.1 Å². The van der Waals surface area contributed by atoms with Crippen LogP contribution in [0.25, 0.3) is 0 Å². The van der Waals surface area contributed by atoms with E-state index in [2.05, 4.69) is 6.92 Å². The fourth-order valence-electron chi connectivity index (χ4n) is 3.54. The summed E-state index contributed by atoms with van der Waals surface area (Å²) in [4.78, 5) is 12.2. The van der Waals surface area contributed by atoms with Gasteiger partial charge in [-0.15, -0.1) is 0 Å². The number of nitrogens with zero attached hydrogens (tertiary/aromatic N) is 1. The molecule has 1 amide bonds. The van der Waals surface area contributed by atoms with E-state index in [0.29, 0.717) is 23.2 Å². The van der Waals surface area contributed by atoms with E-state index in [0.717, 1.165) is 13.0 Å². The molecule has 0 aliphatic rings. The number of carbonyl (C=O) groups is 1. The van der Waals surface area contributed by atoms with Crippen molar-refractivity contribution in [2.75, 3.05) is 27.2 Å². The van der Waals surface area contributed by atoms with Gasteiger partial charge in [-0.3, -0.25) is 4.48 Å². The van der Waals surface area contributed by atoms with Crippen molar-refractivity contribution in [3.05, 3.63) is 0 Å². The Morgan fingerprint density at radius 1 is 0.667 bits per heavy atom. The summed E-state index contributed by atoms with van der Waals surface area (Å²) >= 11 is 0. The van der Waals surface area contributed by atoms with Crippen LogP contribution in [0.4, 0.5) is 0 Å². The first-order chi connectivity index (χ1) is 12.5. The van der Waals surface area contributed by atoms with E-state index in [1.54, 1.807) is 0 Å². The van der Waals surface area contributed by atoms with Gasteiger partial charge in [-0.2, -0.15) is 0 Å². The van der Waals surface area contributed by atoms with Gasteiger partial charge in [-0.1, -0.05) is 96.8 Å². The molecule has 0 fully saturated rings. The number of aliphatic hydroxyl groups is 1. The maximum atomic E-state index is 12.2. The summed E-state index contributed by atoms with van der Waals surface area (Å²) < 4.78 is 0.416. The maximum absolute atomic E-state index is 12.2. The number of amides is 1. The lowest BCUT2D eigenvalue weighted by Crippen LogP contribution is -3.00. The Morgan fingerprint density at radius 2 is 1.04 bits per heavy atom. The molecule has 0 heterocycles. The Morgan fingerprint density at radius 3 is 1.41 bits per heavy atom. The third kappa shape index (κ3) is 19.0. The summed E-state index contributed by atoms with van der Waals surface area (Å²) in [5.41, 5.74) is 0. The molecule has 0 spiro atoms. The number of aliphatic hydroxyl groups excluding tert-OH is 1. The lowest BCUT2D eigenvalue weighted by molar-refractivity contribution is -0.814. The minimum Gasteiger partial charge on any atom is -1.00 e. The summed E-state index contributed by atoms with van der Waals surface area (Å²) in [7, 11) is 3.92. The summed E-state index contributed by atoms with van der Waals surface area (Å²) in [6, 6.07) is 0. The highest BCUT2D eigenvalue weighted by molar-refractivity contribution is 5.68. The molecule has 0 radical (unpaired) electrons. The van der Waals surface area contributed by atoms with Gasteiger partial charge in [0.05, 0.1) is 27.1 Å². The van der Waals surface area contributed by atoms with Crippen LogP contribution in [0.3, 0.4) is 0 Å². The highest BCUT2D eigenvalue weighted by Gasteiger charge is 2.24. The summed E-state index contributed by atoms with van der Waals surface area (Å²) in [6.07, 6.45) is 21.7. The first-order valence-corrected chi connectivity index (χ1v) is 11.5. The zero-order valence-electron chi connectivity index (χ0n) is 18.6. The number of hydrogen-bond donors (Lipinski definition) is 1. The van der Waals surface area contributed by atoms with Crippen molar-refractivity contribution < 1.29 is 26.8 Å². The second kappa shape index (κ2) is 20.6. The molecule has 0 rings (SSSR count). The highest BCUT2D eigenvalue weighted by atomic mass is 35.5. The van der Waals surface area contributed by atoms with Gasteiger partial charge in [0, 0.05) is 13.0 Å². The number of quaternary nitrogens is 1. The number of halogens is 1. The van der Waals surface area contributed by atoms with Gasteiger partial charge in [-0.05, 0) is 6.42 Å². The predicted molar refractivity (Wildman–Crippen MR) is 113 cm³/mol. The number of unbranched alkanes of at least 4 members (excludes halogenated alkanes) is 14. The number of hydrogen-bond acceptors (Lipinski definition) is 2. The van der Waals surface area contributed by atoms with Gasteiger partial charge < -0.3 is 17.5 Å². The smallest absolute Gasteiger partial charge is 0.313 e. The van der Waals surface area contributed by atoms with E-state index in [1.165, 1.54) is 89.9 Å². The summed E-state index contributed by atoms with van der Waals surface area (Å²) in [5, 5.41) is 8.91. The Hall–Kier alpha value is -0.120. The molecule has 27 heavy (non-hydrogen) atoms. The van der Waals surface area contributed by atoms with Crippen molar-refractivity contribution in [3.63, 3.8) is 0 Å². The first-order valence-electron chi connectivity index (χ1n) is 11.5. The van der Waals surface area contributed by atoms with E-state index in [9.17, 15) is 4.79 Å². The second-order valence-corrected chi connectivity index (χ2v) is 8.58. The topological polar surface area (TPSA) is 37.3 Å². The molecule has 0 unspecified atom stereocenters. The fraction of sp³-hybridized carbons (Fsp3) is 0.957. The van der Waals surface area contributed by atoms with Crippen LogP contribution in [0.2, 0.25) is 0 Å². The standard InChI is InChI=1S/C23H48NO2.ClH/c1-4-5-6-7-8-9-10-11-12-13-14-15-16-17-18-20-23(26)24(2,3)21-19-22-25;/h25H,4-22H2,1-3H3;1H/q+1;/p-1. The molecule has 3 nitrogen and oxygen atoms in total. The van der Waals surface area contributed by atoms with E-state index in [-0.39, 0.29) is 19.0 Å². The number of carbonyl (C=O) groups excluding carboxylic acids is 1. The SMILES string of the molecule is CCCCCCCCCCCCCCCCCC(=O)[N+](C)(C)CCCO.[Cl-]. The molecule has 0 saturated heterocycles.